The molecule has 3 aromatic rings. The molecule has 1 aliphatic carbocycles. The summed E-state index contributed by atoms with van der Waals surface area (Å²) in [6, 6.07) is 20.8. The third-order valence-electron chi connectivity index (χ3n) is 11.3. The van der Waals surface area contributed by atoms with E-state index in [1.54, 1.807) is 0 Å². The highest BCUT2D eigenvalue weighted by atomic mass is 19.4. The van der Waals surface area contributed by atoms with E-state index in [0.717, 1.165) is 30.7 Å². The Kier molecular flexibility index (Phi) is 13.9. The molecule has 0 bridgehead atoms. The third kappa shape index (κ3) is 11.0. The Morgan fingerprint density at radius 3 is 2.00 bits per heavy atom. The topological polar surface area (TPSA) is 64.0 Å². The van der Waals surface area contributed by atoms with Gasteiger partial charge in [0.2, 0.25) is 0 Å². The van der Waals surface area contributed by atoms with Crippen molar-refractivity contribution in [2.24, 2.45) is 5.92 Å². The minimum atomic E-state index is -4.44. The SMILES string of the molecule is O=C(CCCN1CCC(O)(c2cccc(C(F)(F)F)c2)CC1)c1ccc(F)cc1.OC(CCN1CCCCC1)(c1ccccc1)C1CCCCC1. The van der Waals surface area contributed by atoms with Crippen molar-refractivity contribution in [1.29, 1.82) is 0 Å². The molecule has 6 rings (SSSR count). The average molecular weight is 711 g/mol. The second-order valence-corrected chi connectivity index (χ2v) is 14.8. The molecule has 2 saturated heterocycles. The highest BCUT2D eigenvalue weighted by molar-refractivity contribution is 5.95. The predicted octanol–water partition coefficient (Wildman–Crippen LogP) is 9.12. The van der Waals surface area contributed by atoms with Gasteiger partial charge in [-0.3, -0.25) is 4.79 Å². The number of Topliss-reactive ketones (excluding diaryl/α,β-unsaturated/α-hetero) is 1. The number of hydrogen-bond acceptors (Lipinski definition) is 5. The van der Waals surface area contributed by atoms with Crippen molar-refractivity contribution in [3.8, 4) is 0 Å². The molecule has 2 N–H and O–H groups in total. The maximum Gasteiger partial charge on any atom is 0.416 e. The summed E-state index contributed by atoms with van der Waals surface area (Å²) in [6.07, 6.45) is 8.38. The summed E-state index contributed by atoms with van der Waals surface area (Å²) in [6.45, 7) is 5.22. The van der Waals surface area contributed by atoms with Gasteiger partial charge >= 0.3 is 6.18 Å². The zero-order valence-electron chi connectivity index (χ0n) is 29.7. The monoisotopic (exact) mass is 710 g/mol. The van der Waals surface area contributed by atoms with Crippen LogP contribution in [0, 0.1) is 11.7 Å². The number of piperidine rings is 2. The quantitative estimate of drug-likeness (QED) is 0.154. The molecule has 1 atom stereocenters. The number of ketones is 1. The van der Waals surface area contributed by atoms with Crippen molar-refractivity contribution in [2.75, 3.05) is 39.3 Å². The summed E-state index contributed by atoms with van der Waals surface area (Å²) in [5, 5.41) is 22.5. The van der Waals surface area contributed by atoms with Crippen LogP contribution in [-0.4, -0.2) is 65.1 Å². The summed E-state index contributed by atoms with van der Waals surface area (Å²) in [5.41, 5.74) is -0.757. The lowest BCUT2D eigenvalue weighted by Gasteiger charge is -2.40. The summed E-state index contributed by atoms with van der Waals surface area (Å²) in [4.78, 5) is 16.8. The fourth-order valence-electron chi connectivity index (χ4n) is 8.07. The third-order valence-corrected chi connectivity index (χ3v) is 11.3. The molecule has 9 heteroatoms. The van der Waals surface area contributed by atoms with Gasteiger partial charge in [0.15, 0.2) is 5.78 Å². The number of alkyl halides is 3. The van der Waals surface area contributed by atoms with Crippen LogP contribution in [-0.2, 0) is 17.4 Å². The van der Waals surface area contributed by atoms with E-state index in [4.69, 9.17) is 0 Å². The van der Waals surface area contributed by atoms with Crippen LogP contribution in [0.2, 0.25) is 0 Å². The van der Waals surface area contributed by atoms with Gasteiger partial charge in [-0.1, -0.05) is 68.1 Å². The number of nitrogens with zero attached hydrogens (tertiary/aromatic N) is 2. The second-order valence-electron chi connectivity index (χ2n) is 14.8. The van der Waals surface area contributed by atoms with E-state index in [-0.39, 0.29) is 11.6 Å². The van der Waals surface area contributed by atoms with E-state index in [1.165, 1.54) is 101 Å². The van der Waals surface area contributed by atoms with Gasteiger partial charge < -0.3 is 20.0 Å². The second kappa shape index (κ2) is 18.1. The predicted molar refractivity (Wildman–Crippen MR) is 193 cm³/mol. The first-order chi connectivity index (χ1) is 24.5. The van der Waals surface area contributed by atoms with E-state index in [1.807, 2.05) is 0 Å². The van der Waals surface area contributed by atoms with E-state index >= 15 is 0 Å². The first kappa shape index (κ1) is 39.1. The van der Waals surface area contributed by atoms with Crippen LogP contribution in [0.3, 0.4) is 0 Å². The Morgan fingerprint density at radius 1 is 0.745 bits per heavy atom. The zero-order valence-corrected chi connectivity index (χ0v) is 29.7. The van der Waals surface area contributed by atoms with Crippen LogP contribution in [0.25, 0.3) is 0 Å². The summed E-state index contributed by atoms with van der Waals surface area (Å²) in [5.74, 6) is -0.000885. The van der Waals surface area contributed by atoms with E-state index in [0.29, 0.717) is 62.4 Å². The van der Waals surface area contributed by atoms with E-state index in [2.05, 4.69) is 40.1 Å². The lowest BCUT2D eigenvalue weighted by Crippen LogP contribution is -2.43. The number of halogens is 4. The summed E-state index contributed by atoms with van der Waals surface area (Å²) >= 11 is 0. The standard InChI is InChI=1S/C22H23F4NO2.C20H31NO/c23-19-8-6-16(7-9-19)20(28)5-2-12-27-13-10-21(29,11-14-27)17-3-1-4-18(15-17)22(24,25)26;22-20(18-10-4-1-5-11-18,19-12-6-2-7-13-19)14-17-21-15-8-3-9-16-21/h1,3-4,6-9,15,29H,2,5,10-14H2;1,4-5,10-11,19,22H,2-3,6-9,12-17H2. The van der Waals surface area contributed by atoms with E-state index < -0.39 is 22.9 Å². The number of hydrogen-bond donors (Lipinski definition) is 2. The lowest BCUT2D eigenvalue weighted by atomic mass is 9.71. The van der Waals surface area contributed by atoms with Gasteiger partial charge in [-0.25, -0.2) is 4.39 Å². The Balaban J connectivity index is 0.000000205. The van der Waals surface area contributed by atoms with Gasteiger partial charge in [0.25, 0.3) is 0 Å². The molecule has 2 heterocycles. The summed E-state index contributed by atoms with van der Waals surface area (Å²) in [7, 11) is 0. The Bertz CT molecular complexity index is 1500. The van der Waals surface area contributed by atoms with Gasteiger partial charge in [-0.05, 0) is 124 Å². The normalized spacial score (nSPS) is 20.2. The highest BCUT2D eigenvalue weighted by Crippen LogP contribution is 2.42. The van der Waals surface area contributed by atoms with E-state index in [9.17, 15) is 32.6 Å². The molecular formula is C42H54F4N2O3. The first-order valence-corrected chi connectivity index (χ1v) is 18.9. The van der Waals surface area contributed by atoms with Crippen molar-refractivity contribution in [3.05, 3.63) is 107 Å². The molecule has 3 aliphatic rings. The van der Waals surface area contributed by atoms with Crippen molar-refractivity contribution in [3.63, 3.8) is 0 Å². The Morgan fingerprint density at radius 2 is 1.35 bits per heavy atom. The summed E-state index contributed by atoms with van der Waals surface area (Å²) < 4.78 is 51.7. The fourth-order valence-corrected chi connectivity index (χ4v) is 8.07. The molecule has 0 spiro atoms. The van der Waals surface area contributed by atoms with Gasteiger partial charge in [0, 0.05) is 31.6 Å². The van der Waals surface area contributed by atoms with Crippen molar-refractivity contribution in [2.45, 2.75) is 101 Å². The largest absolute Gasteiger partial charge is 0.416 e. The van der Waals surface area contributed by atoms with Crippen LogP contribution >= 0.6 is 0 Å². The number of rotatable bonds is 11. The van der Waals surface area contributed by atoms with Gasteiger partial charge in [-0.2, -0.15) is 13.2 Å². The smallest absolute Gasteiger partial charge is 0.385 e. The fraction of sp³-hybridized carbons (Fsp3) is 0.548. The maximum atomic E-state index is 12.9. The molecule has 5 nitrogen and oxygen atoms in total. The number of benzene rings is 3. The molecule has 3 aromatic carbocycles. The van der Waals surface area contributed by atoms with Gasteiger partial charge in [0.05, 0.1) is 16.8 Å². The lowest BCUT2D eigenvalue weighted by molar-refractivity contribution is -0.137. The van der Waals surface area contributed by atoms with Gasteiger partial charge in [-0.15, -0.1) is 0 Å². The minimum Gasteiger partial charge on any atom is -0.385 e. The molecule has 0 amide bonds. The first-order valence-electron chi connectivity index (χ1n) is 18.9. The number of aliphatic hydroxyl groups is 2. The molecular weight excluding hydrogens is 656 g/mol. The molecule has 278 valence electrons. The molecule has 1 saturated carbocycles. The van der Waals surface area contributed by atoms with Crippen LogP contribution in [0.4, 0.5) is 17.6 Å². The Labute approximate surface area is 300 Å². The van der Waals surface area contributed by atoms with Crippen molar-refractivity contribution >= 4 is 5.78 Å². The minimum absolute atomic E-state index is 0.0533. The number of carbonyl (C=O) groups is 1. The van der Waals surface area contributed by atoms with Crippen LogP contribution < -0.4 is 0 Å². The Hall–Kier alpha value is -3.11. The molecule has 3 fully saturated rings. The number of likely N-dealkylation sites (tertiary alicyclic amines) is 2. The highest BCUT2D eigenvalue weighted by Gasteiger charge is 2.39. The molecule has 0 aromatic heterocycles. The van der Waals surface area contributed by atoms with Crippen molar-refractivity contribution in [1.82, 2.24) is 9.80 Å². The van der Waals surface area contributed by atoms with Crippen LogP contribution in [0.5, 0.6) is 0 Å². The molecule has 1 unspecified atom stereocenters. The number of carbonyl (C=O) groups excluding carboxylic acids is 1. The molecule has 51 heavy (non-hydrogen) atoms. The maximum absolute atomic E-state index is 12.9. The molecule has 0 radical (unpaired) electrons. The van der Waals surface area contributed by atoms with Gasteiger partial charge in [0.1, 0.15) is 5.82 Å². The average Bonchev–Trinajstić information content (AvgIpc) is 3.16. The zero-order chi connectivity index (χ0) is 36.3. The van der Waals surface area contributed by atoms with Crippen LogP contribution in [0.1, 0.15) is 111 Å². The molecule has 2 aliphatic heterocycles. The van der Waals surface area contributed by atoms with Crippen LogP contribution in [0.15, 0.2) is 78.9 Å². The van der Waals surface area contributed by atoms with Crippen molar-refractivity contribution < 1.29 is 32.6 Å².